The summed E-state index contributed by atoms with van der Waals surface area (Å²) in [5.74, 6) is 7.43. The zero-order valence-corrected chi connectivity index (χ0v) is 22.5. The lowest BCUT2D eigenvalue weighted by Crippen LogP contribution is -2.46. The largest absolute Gasteiger partial charge is 0.508 e. The number of phenolic OH excluding ortho intramolecular Hbond substituents is 1. The Morgan fingerprint density at radius 2 is 1.49 bits per heavy atom. The number of piperazine rings is 1. The Morgan fingerprint density at radius 3 is 2.23 bits per heavy atom. The minimum atomic E-state index is -0.0699. The van der Waals surface area contributed by atoms with Crippen LogP contribution in [-0.2, 0) is 12.3 Å². The number of anilines is 1. The van der Waals surface area contributed by atoms with Crippen molar-refractivity contribution in [2.45, 2.75) is 12.3 Å². The number of hydrogen-bond acceptors (Lipinski definition) is 5. The van der Waals surface area contributed by atoms with Gasteiger partial charge in [0, 0.05) is 60.9 Å². The molecule has 0 spiro atoms. The summed E-state index contributed by atoms with van der Waals surface area (Å²) in [6.07, 6.45) is 0. The molecule has 39 heavy (non-hydrogen) atoms. The fraction of sp³-hybridized carbons (Fsp3) is 0.182. The number of benzene rings is 4. The standard InChI is InChI=1S/C33H31N3O2S/c37-32-18-11-26(12-19-32)10-13-28-8-4-5-9-30(28)24-35-20-22-36(23-21-35)31-16-14-29(15-17-31)33(38)34-39-25-27-6-2-1-3-7-27/h1-9,11-12,14-19,37H,20-25H2,(H,34,38). The van der Waals surface area contributed by atoms with Crippen molar-refractivity contribution in [2.24, 2.45) is 0 Å². The molecule has 196 valence electrons. The lowest BCUT2D eigenvalue weighted by molar-refractivity contribution is 0.0984. The third-order valence-corrected chi connectivity index (χ3v) is 7.54. The third-order valence-electron chi connectivity index (χ3n) is 6.73. The molecule has 1 fully saturated rings. The van der Waals surface area contributed by atoms with E-state index in [4.69, 9.17) is 0 Å². The lowest BCUT2D eigenvalue weighted by Gasteiger charge is -2.36. The van der Waals surface area contributed by atoms with Gasteiger partial charge in [0.15, 0.2) is 0 Å². The van der Waals surface area contributed by atoms with Crippen LogP contribution in [0.2, 0.25) is 0 Å². The molecule has 0 bridgehead atoms. The van der Waals surface area contributed by atoms with Gasteiger partial charge >= 0.3 is 0 Å². The first kappa shape index (κ1) is 26.4. The zero-order valence-electron chi connectivity index (χ0n) is 21.7. The maximum absolute atomic E-state index is 12.5. The van der Waals surface area contributed by atoms with E-state index in [2.05, 4.69) is 56.7 Å². The molecule has 0 aliphatic carbocycles. The van der Waals surface area contributed by atoms with Gasteiger partial charge in [-0.05, 0) is 77.7 Å². The maximum Gasteiger partial charge on any atom is 0.261 e. The highest BCUT2D eigenvalue weighted by Crippen LogP contribution is 2.20. The van der Waals surface area contributed by atoms with Gasteiger partial charge < -0.3 is 10.0 Å². The highest BCUT2D eigenvalue weighted by molar-refractivity contribution is 7.97. The van der Waals surface area contributed by atoms with E-state index in [1.54, 1.807) is 12.1 Å². The monoisotopic (exact) mass is 533 g/mol. The Balaban J connectivity index is 1.12. The fourth-order valence-corrected chi connectivity index (χ4v) is 5.19. The zero-order chi connectivity index (χ0) is 26.9. The lowest BCUT2D eigenvalue weighted by atomic mass is 10.1. The van der Waals surface area contributed by atoms with Crippen LogP contribution in [0.5, 0.6) is 5.75 Å². The van der Waals surface area contributed by atoms with Crippen LogP contribution in [0.1, 0.15) is 32.6 Å². The van der Waals surface area contributed by atoms with Crippen molar-refractivity contribution in [1.82, 2.24) is 9.62 Å². The molecule has 0 radical (unpaired) electrons. The highest BCUT2D eigenvalue weighted by atomic mass is 32.2. The van der Waals surface area contributed by atoms with Gasteiger partial charge in [-0.3, -0.25) is 14.4 Å². The summed E-state index contributed by atoms with van der Waals surface area (Å²) in [5.41, 5.74) is 6.13. The number of amides is 1. The first-order valence-electron chi connectivity index (χ1n) is 13.1. The average Bonchev–Trinajstić information content (AvgIpc) is 2.98. The van der Waals surface area contributed by atoms with Crippen LogP contribution in [0.25, 0.3) is 0 Å². The van der Waals surface area contributed by atoms with Gasteiger partial charge in [0.1, 0.15) is 5.75 Å². The van der Waals surface area contributed by atoms with Gasteiger partial charge in [-0.1, -0.05) is 60.4 Å². The molecule has 2 N–H and O–H groups in total. The summed E-state index contributed by atoms with van der Waals surface area (Å²) >= 11 is 1.41. The van der Waals surface area contributed by atoms with Crippen molar-refractivity contribution >= 4 is 23.5 Å². The second-order valence-electron chi connectivity index (χ2n) is 9.47. The number of rotatable bonds is 7. The van der Waals surface area contributed by atoms with Crippen molar-refractivity contribution in [2.75, 3.05) is 31.1 Å². The molecule has 1 aliphatic rings. The summed E-state index contributed by atoms with van der Waals surface area (Å²) in [6.45, 7) is 4.63. The molecule has 4 aromatic rings. The predicted molar refractivity (Wildman–Crippen MR) is 160 cm³/mol. The number of phenols is 1. The van der Waals surface area contributed by atoms with Gasteiger partial charge in [0.05, 0.1) is 0 Å². The fourth-order valence-electron chi connectivity index (χ4n) is 4.51. The van der Waals surface area contributed by atoms with Crippen molar-refractivity contribution in [3.63, 3.8) is 0 Å². The summed E-state index contributed by atoms with van der Waals surface area (Å²) in [5, 5.41) is 9.48. The van der Waals surface area contributed by atoms with Gasteiger partial charge in [-0.25, -0.2) is 0 Å². The summed E-state index contributed by atoms with van der Waals surface area (Å²) in [6, 6.07) is 33.3. The molecule has 5 nitrogen and oxygen atoms in total. The van der Waals surface area contributed by atoms with E-state index in [-0.39, 0.29) is 11.7 Å². The van der Waals surface area contributed by atoms with E-state index >= 15 is 0 Å². The van der Waals surface area contributed by atoms with E-state index in [1.165, 1.54) is 23.1 Å². The molecule has 0 unspecified atom stereocenters. The number of hydrogen-bond donors (Lipinski definition) is 2. The predicted octanol–water partition coefficient (Wildman–Crippen LogP) is 5.69. The quantitative estimate of drug-likeness (QED) is 0.236. The Bertz CT molecular complexity index is 1440. The molecule has 1 aliphatic heterocycles. The van der Waals surface area contributed by atoms with Gasteiger partial charge in [0.2, 0.25) is 0 Å². The molecular formula is C33H31N3O2S. The number of carbonyl (C=O) groups is 1. The first-order chi connectivity index (χ1) is 19.1. The molecule has 4 aromatic carbocycles. The normalized spacial score (nSPS) is 13.4. The van der Waals surface area contributed by atoms with E-state index in [1.807, 2.05) is 60.7 Å². The minimum Gasteiger partial charge on any atom is -0.508 e. The smallest absolute Gasteiger partial charge is 0.261 e. The van der Waals surface area contributed by atoms with E-state index in [0.29, 0.717) is 5.56 Å². The highest BCUT2D eigenvalue weighted by Gasteiger charge is 2.18. The maximum atomic E-state index is 12.5. The van der Waals surface area contributed by atoms with Gasteiger partial charge in [0.25, 0.3) is 5.91 Å². The third kappa shape index (κ3) is 7.44. The Labute approximate surface area is 234 Å². The number of aromatic hydroxyl groups is 1. The SMILES string of the molecule is O=C(NSCc1ccccc1)c1ccc(N2CCN(Cc3ccccc3C#Cc3ccc(O)cc3)CC2)cc1. The van der Waals surface area contributed by atoms with Crippen molar-refractivity contribution in [3.8, 4) is 17.6 Å². The van der Waals surface area contributed by atoms with E-state index < -0.39 is 0 Å². The van der Waals surface area contributed by atoms with E-state index in [0.717, 1.165) is 55.3 Å². The van der Waals surface area contributed by atoms with Gasteiger partial charge in [-0.2, -0.15) is 0 Å². The molecule has 0 atom stereocenters. The molecule has 1 heterocycles. The van der Waals surface area contributed by atoms with Crippen LogP contribution in [0.3, 0.4) is 0 Å². The Morgan fingerprint density at radius 1 is 0.795 bits per heavy atom. The first-order valence-corrected chi connectivity index (χ1v) is 14.0. The average molecular weight is 534 g/mol. The molecule has 0 saturated carbocycles. The second-order valence-corrected chi connectivity index (χ2v) is 10.3. The summed E-state index contributed by atoms with van der Waals surface area (Å²) < 4.78 is 2.94. The second kappa shape index (κ2) is 13.1. The Hall–Kier alpha value is -4.18. The Kier molecular flexibility index (Phi) is 8.85. The van der Waals surface area contributed by atoms with Crippen molar-refractivity contribution < 1.29 is 9.90 Å². The van der Waals surface area contributed by atoms with Crippen molar-refractivity contribution in [3.05, 3.63) is 131 Å². The molecule has 0 aromatic heterocycles. The minimum absolute atomic E-state index is 0.0699. The topological polar surface area (TPSA) is 55.8 Å². The van der Waals surface area contributed by atoms with Crippen LogP contribution in [-0.4, -0.2) is 42.1 Å². The van der Waals surface area contributed by atoms with Crippen LogP contribution >= 0.6 is 11.9 Å². The van der Waals surface area contributed by atoms with Crippen LogP contribution < -0.4 is 9.62 Å². The van der Waals surface area contributed by atoms with Gasteiger partial charge in [-0.15, -0.1) is 0 Å². The molecule has 1 saturated heterocycles. The molecule has 1 amide bonds. The van der Waals surface area contributed by atoms with Crippen LogP contribution in [0.15, 0.2) is 103 Å². The number of carbonyl (C=O) groups excluding carboxylic acids is 1. The molecule has 5 rings (SSSR count). The summed E-state index contributed by atoms with van der Waals surface area (Å²) in [7, 11) is 0. The number of nitrogens with one attached hydrogen (secondary N) is 1. The van der Waals surface area contributed by atoms with Crippen LogP contribution in [0, 0.1) is 11.8 Å². The number of nitrogens with zero attached hydrogens (tertiary/aromatic N) is 2. The molecular weight excluding hydrogens is 502 g/mol. The van der Waals surface area contributed by atoms with Crippen molar-refractivity contribution in [1.29, 1.82) is 0 Å². The molecule has 6 heteroatoms. The van der Waals surface area contributed by atoms with Crippen LogP contribution in [0.4, 0.5) is 5.69 Å². The van der Waals surface area contributed by atoms with E-state index in [9.17, 15) is 9.90 Å². The summed E-state index contributed by atoms with van der Waals surface area (Å²) in [4.78, 5) is 17.4.